The minimum Gasteiger partial charge on any atom is -0.372 e. The Morgan fingerprint density at radius 1 is 1.50 bits per heavy atom. The highest BCUT2D eigenvalue weighted by Crippen LogP contribution is 2.10. The van der Waals surface area contributed by atoms with E-state index in [9.17, 15) is 9.18 Å². The van der Waals surface area contributed by atoms with Gasteiger partial charge in [0.2, 0.25) is 5.95 Å². The molecule has 1 aromatic carbocycles. The molecule has 0 spiro atoms. The fourth-order valence-electron chi connectivity index (χ4n) is 2.08. The lowest BCUT2D eigenvalue weighted by Gasteiger charge is -2.12. The number of aromatic amines is 1. The average molecular weight is 306 g/mol. The second kappa shape index (κ2) is 7.65. The van der Waals surface area contributed by atoms with Gasteiger partial charge in [-0.1, -0.05) is 25.5 Å². The van der Waals surface area contributed by atoms with Gasteiger partial charge in [-0.2, -0.15) is 4.98 Å². The molecule has 0 radical (unpaired) electrons. The first kappa shape index (κ1) is 16.1. The van der Waals surface area contributed by atoms with Crippen molar-refractivity contribution in [1.29, 1.82) is 0 Å². The van der Waals surface area contributed by atoms with E-state index in [1.807, 2.05) is 6.92 Å². The summed E-state index contributed by atoms with van der Waals surface area (Å²) in [6.45, 7) is 1.98. The maximum absolute atomic E-state index is 13.1. The third-order valence-electron chi connectivity index (χ3n) is 3.16. The fraction of sp³-hybridized carbons (Fsp3) is 0.400. The molecule has 6 nitrogen and oxygen atoms in total. The first-order valence-corrected chi connectivity index (χ1v) is 7.11. The van der Waals surface area contributed by atoms with Crippen molar-refractivity contribution in [1.82, 2.24) is 15.2 Å². The number of benzene rings is 1. The number of carbonyl (C=O) groups excluding carboxylic acids is 1. The SMILES string of the molecule is CCCC(OC)C(=O)Nc1n[nH]c(Cc2cccc(F)c2)n1. The molecule has 1 unspecified atom stereocenters. The minimum atomic E-state index is -0.518. The minimum absolute atomic E-state index is 0.189. The van der Waals surface area contributed by atoms with Gasteiger partial charge < -0.3 is 4.74 Å². The number of methoxy groups -OCH3 is 1. The lowest BCUT2D eigenvalue weighted by Crippen LogP contribution is -2.29. The average Bonchev–Trinajstić information content (AvgIpc) is 2.91. The quantitative estimate of drug-likeness (QED) is 0.822. The number of H-pyrrole nitrogens is 1. The molecule has 0 aliphatic rings. The molecule has 1 atom stereocenters. The maximum Gasteiger partial charge on any atom is 0.255 e. The van der Waals surface area contributed by atoms with E-state index < -0.39 is 6.10 Å². The fourth-order valence-corrected chi connectivity index (χ4v) is 2.08. The van der Waals surface area contributed by atoms with Crippen LogP contribution in [0.15, 0.2) is 24.3 Å². The molecule has 0 aliphatic carbocycles. The number of halogens is 1. The Labute approximate surface area is 128 Å². The Morgan fingerprint density at radius 2 is 2.32 bits per heavy atom. The molecule has 7 heteroatoms. The topological polar surface area (TPSA) is 79.9 Å². The smallest absolute Gasteiger partial charge is 0.255 e. The number of carbonyl (C=O) groups is 1. The molecule has 0 saturated carbocycles. The van der Waals surface area contributed by atoms with Gasteiger partial charge in [0.15, 0.2) is 0 Å². The first-order chi connectivity index (χ1) is 10.6. The summed E-state index contributed by atoms with van der Waals surface area (Å²) >= 11 is 0. The third-order valence-corrected chi connectivity index (χ3v) is 3.16. The van der Waals surface area contributed by atoms with Gasteiger partial charge in [0.05, 0.1) is 0 Å². The van der Waals surface area contributed by atoms with Crippen molar-refractivity contribution >= 4 is 11.9 Å². The van der Waals surface area contributed by atoms with E-state index in [-0.39, 0.29) is 17.7 Å². The molecular weight excluding hydrogens is 287 g/mol. The molecule has 2 rings (SSSR count). The first-order valence-electron chi connectivity index (χ1n) is 7.11. The molecule has 0 aliphatic heterocycles. The zero-order valence-corrected chi connectivity index (χ0v) is 12.6. The van der Waals surface area contributed by atoms with Gasteiger partial charge in [0.25, 0.3) is 5.91 Å². The molecular formula is C15H19FN4O2. The van der Waals surface area contributed by atoms with Gasteiger partial charge in [-0.3, -0.25) is 15.2 Å². The number of hydrogen-bond acceptors (Lipinski definition) is 4. The van der Waals surface area contributed by atoms with Crippen LogP contribution in [0.1, 0.15) is 31.2 Å². The Bertz CT molecular complexity index is 630. The number of nitrogens with zero attached hydrogens (tertiary/aromatic N) is 2. The third kappa shape index (κ3) is 4.36. The molecule has 0 fully saturated rings. The standard InChI is InChI=1S/C15H19FN4O2/c1-3-5-12(22-2)14(21)18-15-17-13(19-20-15)9-10-6-4-7-11(16)8-10/h4,6-8,12H,3,5,9H2,1-2H3,(H2,17,18,19,20,21). The van der Waals surface area contributed by atoms with Gasteiger partial charge in [-0.15, -0.1) is 5.10 Å². The van der Waals surface area contributed by atoms with E-state index in [4.69, 9.17) is 4.74 Å². The van der Waals surface area contributed by atoms with Crippen LogP contribution in [-0.4, -0.2) is 34.3 Å². The summed E-state index contributed by atoms with van der Waals surface area (Å²) in [6.07, 6.45) is 1.35. The zero-order chi connectivity index (χ0) is 15.9. The van der Waals surface area contributed by atoms with Crippen LogP contribution in [0, 0.1) is 5.82 Å². The molecule has 2 N–H and O–H groups in total. The van der Waals surface area contributed by atoms with Crippen molar-refractivity contribution in [2.24, 2.45) is 0 Å². The molecule has 118 valence electrons. The Balaban J connectivity index is 1.98. The highest BCUT2D eigenvalue weighted by atomic mass is 19.1. The summed E-state index contributed by atoms with van der Waals surface area (Å²) in [7, 11) is 1.49. The molecule has 0 bridgehead atoms. The highest BCUT2D eigenvalue weighted by molar-refractivity contribution is 5.92. The number of amides is 1. The van der Waals surface area contributed by atoms with E-state index in [2.05, 4.69) is 20.5 Å². The highest BCUT2D eigenvalue weighted by Gasteiger charge is 2.18. The van der Waals surface area contributed by atoms with Crippen molar-refractivity contribution in [2.75, 3.05) is 12.4 Å². The summed E-state index contributed by atoms with van der Waals surface area (Å²) in [5, 5.41) is 9.27. The van der Waals surface area contributed by atoms with Crippen LogP contribution >= 0.6 is 0 Å². The number of rotatable bonds is 7. The second-order valence-corrected chi connectivity index (χ2v) is 4.91. The van der Waals surface area contributed by atoms with Crippen molar-refractivity contribution < 1.29 is 13.9 Å². The molecule has 0 saturated heterocycles. The summed E-state index contributed by atoms with van der Waals surface area (Å²) in [6, 6.07) is 6.25. The van der Waals surface area contributed by atoms with Crippen LogP contribution in [-0.2, 0) is 16.0 Å². The van der Waals surface area contributed by atoms with E-state index in [0.717, 1.165) is 12.0 Å². The van der Waals surface area contributed by atoms with Crippen molar-refractivity contribution in [3.63, 3.8) is 0 Å². The largest absolute Gasteiger partial charge is 0.372 e. The van der Waals surface area contributed by atoms with Crippen LogP contribution in [0.4, 0.5) is 10.3 Å². The van der Waals surface area contributed by atoms with Crippen molar-refractivity contribution in [3.8, 4) is 0 Å². The van der Waals surface area contributed by atoms with Gasteiger partial charge >= 0.3 is 0 Å². The predicted molar refractivity (Wildman–Crippen MR) is 79.9 cm³/mol. The van der Waals surface area contributed by atoms with E-state index in [1.54, 1.807) is 12.1 Å². The van der Waals surface area contributed by atoms with Gasteiger partial charge in [0.1, 0.15) is 17.7 Å². The zero-order valence-electron chi connectivity index (χ0n) is 12.6. The Morgan fingerprint density at radius 3 is 3.00 bits per heavy atom. The second-order valence-electron chi connectivity index (χ2n) is 4.91. The van der Waals surface area contributed by atoms with Crippen molar-refractivity contribution in [2.45, 2.75) is 32.3 Å². The number of hydrogen-bond donors (Lipinski definition) is 2. The van der Waals surface area contributed by atoms with Crippen LogP contribution in [0.3, 0.4) is 0 Å². The number of anilines is 1. The van der Waals surface area contributed by atoms with Crippen molar-refractivity contribution in [3.05, 3.63) is 41.5 Å². The van der Waals surface area contributed by atoms with E-state index >= 15 is 0 Å². The number of nitrogens with one attached hydrogen (secondary N) is 2. The van der Waals surface area contributed by atoms with E-state index in [0.29, 0.717) is 18.7 Å². The van der Waals surface area contributed by atoms with Gasteiger partial charge in [-0.25, -0.2) is 4.39 Å². The van der Waals surface area contributed by atoms with Crippen LogP contribution in [0.2, 0.25) is 0 Å². The lowest BCUT2D eigenvalue weighted by atomic mass is 10.1. The molecule has 1 aromatic heterocycles. The Hall–Kier alpha value is -2.28. The van der Waals surface area contributed by atoms with Crippen LogP contribution < -0.4 is 5.32 Å². The number of aromatic nitrogens is 3. The maximum atomic E-state index is 13.1. The molecule has 1 amide bonds. The summed E-state index contributed by atoms with van der Waals surface area (Å²) < 4.78 is 18.3. The van der Waals surface area contributed by atoms with Crippen LogP contribution in [0.25, 0.3) is 0 Å². The predicted octanol–water partition coefficient (Wildman–Crippen LogP) is 2.29. The number of ether oxygens (including phenoxy) is 1. The summed E-state index contributed by atoms with van der Waals surface area (Å²) in [5.74, 6) is 0.161. The monoisotopic (exact) mass is 306 g/mol. The Kier molecular flexibility index (Phi) is 5.60. The summed E-state index contributed by atoms with van der Waals surface area (Å²) in [4.78, 5) is 16.1. The van der Waals surface area contributed by atoms with Gasteiger partial charge in [0, 0.05) is 13.5 Å². The van der Waals surface area contributed by atoms with Gasteiger partial charge in [-0.05, 0) is 24.1 Å². The summed E-state index contributed by atoms with van der Waals surface area (Å²) in [5.41, 5.74) is 0.773. The normalized spacial score (nSPS) is 12.1. The van der Waals surface area contributed by atoms with E-state index in [1.165, 1.54) is 19.2 Å². The molecule has 2 aromatic rings. The lowest BCUT2D eigenvalue weighted by molar-refractivity contribution is -0.126. The molecule has 1 heterocycles. The molecule has 22 heavy (non-hydrogen) atoms. The van der Waals surface area contributed by atoms with Crippen LogP contribution in [0.5, 0.6) is 0 Å².